The van der Waals surface area contributed by atoms with E-state index in [9.17, 15) is 0 Å². The minimum Gasteiger partial charge on any atom is -0.381 e. The predicted octanol–water partition coefficient (Wildman–Crippen LogP) is 2.13. The Morgan fingerprint density at radius 2 is 2.44 bits per heavy atom. The molecule has 1 rings (SSSR count). The minimum absolute atomic E-state index is 0.494. The highest BCUT2D eigenvalue weighted by molar-refractivity contribution is 5.03. The zero-order valence-corrected chi connectivity index (χ0v) is 6.18. The molecule has 0 saturated heterocycles. The highest BCUT2D eigenvalue weighted by Gasteiger charge is 2.09. The summed E-state index contributed by atoms with van der Waals surface area (Å²) in [5.41, 5.74) is 1.52. The Balaban J connectivity index is 2.36. The third-order valence-electron chi connectivity index (χ3n) is 1.92. The SMILES string of the molecule is CO[C@H]1CC=C(C)CC1. The quantitative estimate of drug-likeness (QED) is 0.489. The van der Waals surface area contributed by atoms with Crippen molar-refractivity contribution in [3.8, 4) is 0 Å². The summed E-state index contributed by atoms with van der Waals surface area (Å²) in [6.07, 6.45) is 6.31. The lowest BCUT2D eigenvalue weighted by atomic mass is 9.98. The van der Waals surface area contributed by atoms with E-state index in [2.05, 4.69) is 13.0 Å². The van der Waals surface area contributed by atoms with Crippen LogP contribution < -0.4 is 0 Å². The molecule has 0 radical (unpaired) electrons. The average molecular weight is 126 g/mol. The summed E-state index contributed by atoms with van der Waals surface area (Å²) in [6.45, 7) is 2.19. The van der Waals surface area contributed by atoms with E-state index in [1.54, 1.807) is 7.11 Å². The molecule has 9 heavy (non-hydrogen) atoms. The standard InChI is InChI=1S/C8H14O/c1-7-3-5-8(9-2)6-4-7/h3,8H,4-6H2,1-2H3/t8-/m0/s1. The Morgan fingerprint density at radius 3 is 2.89 bits per heavy atom. The van der Waals surface area contributed by atoms with Gasteiger partial charge in [-0.1, -0.05) is 11.6 Å². The Kier molecular flexibility index (Phi) is 2.29. The Morgan fingerprint density at radius 1 is 1.67 bits per heavy atom. The van der Waals surface area contributed by atoms with Gasteiger partial charge in [0.15, 0.2) is 0 Å². The van der Waals surface area contributed by atoms with E-state index in [-0.39, 0.29) is 0 Å². The van der Waals surface area contributed by atoms with Crippen molar-refractivity contribution in [2.75, 3.05) is 7.11 Å². The Bertz CT molecular complexity index is 116. The van der Waals surface area contributed by atoms with E-state index in [1.165, 1.54) is 18.4 Å². The van der Waals surface area contributed by atoms with Gasteiger partial charge in [0.25, 0.3) is 0 Å². The van der Waals surface area contributed by atoms with E-state index in [0.717, 1.165) is 6.42 Å². The maximum Gasteiger partial charge on any atom is 0.0608 e. The number of hydrogen-bond donors (Lipinski definition) is 0. The molecule has 1 aliphatic rings. The highest BCUT2D eigenvalue weighted by Crippen LogP contribution is 2.18. The van der Waals surface area contributed by atoms with Gasteiger partial charge < -0.3 is 4.74 Å². The van der Waals surface area contributed by atoms with E-state index >= 15 is 0 Å². The molecule has 0 spiro atoms. The lowest BCUT2D eigenvalue weighted by molar-refractivity contribution is 0.0941. The van der Waals surface area contributed by atoms with Crippen LogP contribution in [0.15, 0.2) is 11.6 Å². The fourth-order valence-electron chi connectivity index (χ4n) is 1.16. The molecule has 52 valence electrons. The van der Waals surface area contributed by atoms with Crippen molar-refractivity contribution in [2.24, 2.45) is 0 Å². The molecule has 0 N–H and O–H groups in total. The first kappa shape index (κ1) is 6.81. The molecule has 0 aromatic heterocycles. The largest absolute Gasteiger partial charge is 0.381 e. The molecule has 0 aromatic carbocycles. The molecule has 0 fully saturated rings. The van der Waals surface area contributed by atoms with Crippen molar-refractivity contribution in [1.82, 2.24) is 0 Å². The van der Waals surface area contributed by atoms with Gasteiger partial charge in [-0.05, 0) is 26.2 Å². The van der Waals surface area contributed by atoms with Gasteiger partial charge in [0.1, 0.15) is 0 Å². The molecule has 1 aliphatic carbocycles. The summed E-state index contributed by atoms with van der Waals surface area (Å²) in [6, 6.07) is 0. The van der Waals surface area contributed by atoms with Crippen molar-refractivity contribution < 1.29 is 4.74 Å². The molecule has 1 atom stereocenters. The van der Waals surface area contributed by atoms with Crippen LogP contribution in [0.3, 0.4) is 0 Å². The summed E-state index contributed by atoms with van der Waals surface area (Å²) >= 11 is 0. The van der Waals surface area contributed by atoms with Crippen molar-refractivity contribution in [3.63, 3.8) is 0 Å². The average Bonchev–Trinajstić information content (AvgIpc) is 1.90. The van der Waals surface area contributed by atoms with E-state index in [1.807, 2.05) is 0 Å². The molecule has 0 amide bonds. The summed E-state index contributed by atoms with van der Waals surface area (Å²) < 4.78 is 5.19. The van der Waals surface area contributed by atoms with Crippen molar-refractivity contribution >= 4 is 0 Å². The van der Waals surface area contributed by atoms with Crippen LogP contribution in [-0.2, 0) is 4.74 Å². The van der Waals surface area contributed by atoms with Crippen molar-refractivity contribution in [1.29, 1.82) is 0 Å². The number of rotatable bonds is 1. The topological polar surface area (TPSA) is 9.23 Å². The minimum atomic E-state index is 0.494. The van der Waals surface area contributed by atoms with Crippen LogP contribution in [0.5, 0.6) is 0 Å². The van der Waals surface area contributed by atoms with Gasteiger partial charge in [-0.2, -0.15) is 0 Å². The molecule has 1 heteroatoms. The maximum atomic E-state index is 5.19. The van der Waals surface area contributed by atoms with E-state index in [4.69, 9.17) is 4.74 Å². The fraction of sp³-hybridized carbons (Fsp3) is 0.750. The number of ether oxygens (including phenoxy) is 1. The first-order chi connectivity index (χ1) is 4.33. The lowest BCUT2D eigenvalue weighted by Gasteiger charge is -2.18. The second kappa shape index (κ2) is 3.02. The zero-order valence-electron chi connectivity index (χ0n) is 6.18. The van der Waals surface area contributed by atoms with Crippen LogP contribution in [0.2, 0.25) is 0 Å². The van der Waals surface area contributed by atoms with Crippen molar-refractivity contribution in [3.05, 3.63) is 11.6 Å². The second-order valence-electron chi connectivity index (χ2n) is 2.68. The maximum absolute atomic E-state index is 5.19. The molecule has 0 aromatic rings. The van der Waals surface area contributed by atoms with E-state index in [0.29, 0.717) is 6.10 Å². The molecular formula is C8H14O. The third kappa shape index (κ3) is 1.83. The van der Waals surface area contributed by atoms with Crippen LogP contribution >= 0.6 is 0 Å². The number of methoxy groups -OCH3 is 1. The normalized spacial score (nSPS) is 27.8. The Hall–Kier alpha value is -0.300. The first-order valence-corrected chi connectivity index (χ1v) is 3.51. The van der Waals surface area contributed by atoms with Crippen LogP contribution in [0, 0.1) is 0 Å². The van der Waals surface area contributed by atoms with Gasteiger partial charge in [-0.3, -0.25) is 0 Å². The molecule has 0 bridgehead atoms. The van der Waals surface area contributed by atoms with Gasteiger partial charge in [-0.15, -0.1) is 0 Å². The summed E-state index contributed by atoms with van der Waals surface area (Å²) in [5.74, 6) is 0. The molecule has 0 unspecified atom stereocenters. The predicted molar refractivity (Wildman–Crippen MR) is 38.4 cm³/mol. The fourth-order valence-corrected chi connectivity index (χ4v) is 1.16. The van der Waals surface area contributed by atoms with Gasteiger partial charge >= 0.3 is 0 Å². The van der Waals surface area contributed by atoms with Crippen LogP contribution in [-0.4, -0.2) is 13.2 Å². The number of hydrogen-bond acceptors (Lipinski definition) is 1. The van der Waals surface area contributed by atoms with Gasteiger partial charge in [-0.25, -0.2) is 0 Å². The van der Waals surface area contributed by atoms with Crippen LogP contribution in [0.1, 0.15) is 26.2 Å². The van der Waals surface area contributed by atoms with Crippen molar-refractivity contribution in [2.45, 2.75) is 32.3 Å². The summed E-state index contributed by atoms with van der Waals surface area (Å²) in [5, 5.41) is 0. The summed E-state index contributed by atoms with van der Waals surface area (Å²) in [4.78, 5) is 0. The van der Waals surface area contributed by atoms with Crippen LogP contribution in [0.25, 0.3) is 0 Å². The highest BCUT2D eigenvalue weighted by atomic mass is 16.5. The first-order valence-electron chi connectivity index (χ1n) is 3.51. The van der Waals surface area contributed by atoms with Crippen LogP contribution in [0.4, 0.5) is 0 Å². The molecular weight excluding hydrogens is 112 g/mol. The monoisotopic (exact) mass is 126 g/mol. The molecule has 1 nitrogen and oxygen atoms in total. The number of allylic oxidation sites excluding steroid dienone is 1. The third-order valence-corrected chi connectivity index (χ3v) is 1.92. The molecule has 0 aliphatic heterocycles. The Labute approximate surface area is 56.7 Å². The molecule has 0 heterocycles. The zero-order chi connectivity index (χ0) is 6.69. The lowest BCUT2D eigenvalue weighted by Crippen LogP contribution is -2.12. The molecule has 0 saturated carbocycles. The van der Waals surface area contributed by atoms with Gasteiger partial charge in [0.05, 0.1) is 6.10 Å². The summed E-state index contributed by atoms with van der Waals surface area (Å²) in [7, 11) is 1.79. The second-order valence-corrected chi connectivity index (χ2v) is 2.68. The van der Waals surface area contributed by atoms with E-state index < -0.39 is 0 Å². The van der Waals surface area contributed by atoms with Gasteiger partial charge in [0.2, 0.25) is 0 Å². The smallest absolute Gasteiger partial charge is 0.0608 e. The van der Waals surface area contributed by atoms with Gasteiger partial charge in [0, 0.05) is 7.11 Å².